The number of benzene rings is 3. The van der Waals surface area contributed by atoms with Gasteiger partial charge in [-0.05, 0) is 60.6 Å². The Morgan fingerprint density at radius 1 is 0.929 bits per heavy atom. The molecule has 5 nitrogen and oxygen atoms in total. The van der Waals surface area contributed by atoms with Crippen molar-refractivity contribution in [2.45, 2.75) is 19.4 Å². The summed E-state index contributed by atoms with van der Waals surface area (Å²) >= 11 is 0. The number of carbonyl (C=O) groups is 2. The molecule has 0 spiro atoms. The quantitative estimate of drug-likeness (QED) is 0.649. The molecule has 0 bridgehead atoms. The van der Waals surface area contributed by atoms with Crippen molar-refractivity contribution in [3.05, 3.63) is 77.4 Å². The van der Waals surface area contributed by atoms with Gasteiger partial charge in [-0.2, -0.15) is 0 Å². The highest BCUT2D eigenvalue weighted by Gasteiger charge is 2.11. The second kappa shape index (κ2) is 8.67. The summed E-state index contributed by atoms with van der Waals surface area (Å²) in [6.07, 6.45) is 0.884. The molecule has 2 N–H and O–H groups in total. The van der Waals surface area contributed by atoms with Crippen molar-refractivity contribution >= 4 is 28.3 Å². The molecule has 5 heteroatoms. The highest BCUT2D eigenvalue weighted by Crippen LogP contribution is 2.20. The Hall–Kier alpha value is -3.18. The van der Waals surface area contributed by atoms with Gasteiger partial charge in [0.2, 0.25) is 5.91 Å². The van der Waals surface area contributed by atoms with E-state index in [1.54, 1.807) is 18.2 Å². The molecule has 0 heterocycles. The van der Waals surface area contributed by atoms with E-state index >= 15 is 0 Å². The zero-order valence-corrected chi connectivity index (χ0v) is 16.1. The molecule has 0 aromatic heterocycles. The molecule has 0 aliphatic heterocycles. The number of nitrogens with zero attached hydrogens (tertiary/aromatic N) is 1. The third-order valence-corrected chi connectivity index (χ3v) is 4.54. The summed E-state index contributed by atoms with van der Waals surface area (Å²) in [6.45, 7) is 0.898. The van der Waals surface area contributed by atoms with Crippen LogP contribution in [0.5, 0.6) is 0 Å². The number of aryl methyl sites for hydroxylation is 1. The molecular weight excluding hydrogens is 352 g/mol. The lowest BCUT2D eigenvalue weighted by atomic mass is 10.0. The predicted octanol–water partition coefficient (Wildman–Crippen LogP) is 4.17. The number of fused-ring (bicyclic) bond motifs is 1. The lowest BCUT2D eigenvalue weighted by Gasteiger charge is -2.11. The molecule has 0 atom stereocenters. The smallest absolute Gasteiger partial charge is 0.337 e. The number of carbonyl (C=O) groups excluding carboxylic acids is 1. The molecule has 0 aliphatic rings. The first-order valence-corrected chi connectivity index (χ1v) is 9.21. The fourth-order valence-electron chi connectivity index (χ4n) is 3.21. The Morgan fingerprint density at radius 3 is 2.25 bits per heavy atom. The van der Waals surface area contributed by atoms with Gasteiger partial charge in [-0.1, -0.05) is 42.5 Å². The number of carboxylic acids is 1. The van der Waals surface area contributed by atoms with E-state index in [-0.39, 0.29) is 17.9 Å². The Morgan fingerprint density at radius 2 is 1.57 bits per heavy atom. The number of rotatable bonds is 7. The van der Waals surface area contributed by atoms with Crippen LogP contribution in [0.2, 0.25) is 0 Å². The van der Waals surface area contributed by atoms with E-state index in [2.05, 4.69) is 40.5 Å². The molecule has 28 heavy (non-hydrogen) atoms. The maximum Gasteiger partial charge on any atom is 0.337 e. The first-order chi connectivity index (χ1) is 13.4. The molecule has 3 aromatic rings. The van der Waals surface area contributed by atoms with E-state index in [1.165, 1.54) is 17.0 Å². The minimum absolute atomic E-state index is 0.0927. The first kappa shape index (κ1) is 19.6. The summed E-state index contributed by atoms with van der Waals surface area (Å²) < 4.78 is 0. The molecule has 3 aromatic carbocycles. The maximum absolute atomic E-state index is 12.3. The second-order valence-corrected chi connectivity index (χ2v) is 7.15. The highest BCUT2D eigenvalue weighted by atomic mass is 16.4. The van der Waals surface area contributed by atoms with Crippen molar-refractivity contribution in [2.75, 3.05) is 19.4 Å². The van der Waals surface area contributed by atoms with Crippen LogP contribution >= 0.6 is 0 Å². The van der Waals surface area contributed by atoms with Gasteiger partial charge in [-0.15, -0.1) is 0 Å². The summed E-state index contributed by atoms with van der Waals surface area (Å²) in [5.41, 5.74) is 2.76. The Labute approximate surface area is 164 Å². The van der Waals surface area contributed by atoms with Gasteiger partial charge >= 0.3 is 5.97 Å². The van der Waals surface area contributed by atoms with E-state index < -0.39 is 5.97 Å². The van der Waals surface area contributed by atoms with Gasteiger partial charge in [0.05, 0.1) is 11.3 Å². The summed E-state index contributed by atoms with van der Waals surface area (Å²) in [6, 6.07) is 19.1. The van der Waals surface area contributed by atoms with Crippen molar-refractivity contribution in [1.29, 1.82) is 0 Å². The SMILES string of the molecule is CN(C)Cc1ccc2cc(CCC(=O)Nc3ccccc3C(=O)O)ccc2c1. The number of hydrogen-bond acceptors (Lipinski definition) is 3. The van der Waals surface area contributed by atoms with Gasteiger partial charge in [-0.3, -0.25) is 4.79 Å². The minimum atomic E-state index is -1.06. The van der Waals surface area contributed by atoms with Crippen LogP contribution in [0.4, 0.5) is 5.69 Å². The van der Waals surface area contributed by atoms with Crippen molar-refractivity contribution in [3.8, 4) is 0 Å². The van der Waals surface area contributed by atoms with Crippen LogP contribution in [0, 0.1) is 0 Å². The Kier molecular flexibility index (Phi) is 6.06. The number of nitrogens with one attached hydrogen (secondary N) is 1. The fourth-order valence-corrected chi connectivity index (χ4v) is 3.21. The predicted molar refractivity (Wildman–Crippen MR) is 112 cm³/mol. The molecule has 3 rings (SSSR count). The van der Waals surface area contributed by atoms with Crippen LogP contribution in [-0.4, -0.2) is 36.0 Å². The summed E-state index contributed by atoms with van der Waals surface area (Å²) in [5.74, 6) is -1.26. The summed E-state index contributed by atoms with van der Waals surface area (Å²) in [7, 11) is 4.10. The molecule has 0 radical (unpaired) electrons. The average molecular weight is 376 g/mol. The number of anilines is 1. The van der Waals surface area contributed by atoms with Crippen molar-refractivity contribution in [2.24, 2.45) is 0 Å². The van der Waals surface area contributed by atoms with E-state index in [9.17, 15) is 14.7 Å². The molecule has 144 valence electrons. The molecule has 0 fully saturated rings. The Balaban J connectivity index is 1.65. The number of para-hydroxylation sites is 1. The molecule has 1 amide bonds. The number of carboxylic acid groups (broad SMARTS) is 1. The van der Waals surface area contributed by atoms with Crippen LogP contribution in [0.15, 0.2) is 60.7 Å². The van der Waals surface area contributed by atoms with Crippen LogP contribution in [0.25, 0.3) is 10.8 Å². The zero-order chi connectivity index (χ0) is 20.1. The third-order valence-electron chi connectivity index (χ3n) is 4.54. The van der Waals surface area contributed by atoms with Crippen molar-refractivity contribution in [1.82, 2.24) is 4.90 Å². The third kappa shape index (κ3) is 4.96. The van der Waals surface area contributed by atoms with Crippen LogP contribution < -0.4 is 5.32 Å². The van der Waals surface area contributed by atoms with Crippen LogP contribution in [0.3, 0.4) is 0 Å². The van der Waals surface area contributed by atoms with Crippen molar-refractivity contribution < 1.29 is 14.7 Å². The fraction of sp³-hybridized carbons (Fsp3) is 0.217. The molecule has 0 unspecified atom stereocenters. The van der Waals surface area contributed by atoms with E-state index in [4.69, 9.17) is 0 Å². The van der Waals surface area contributed by atoms with E-state index in [0.29, 0.717) is 12.1 Å². The topological polar surface area (TPSA) is 69.6 Å². The van der Waals surface area contributed by atoms with Crippen LogP contribution in [0.1, 0.15) is 27.9 Å². The standard InChI is InChI=1S/C23H24N2O3/c1-25(2)15-17-8-11-18-13-16(7-10-19(18)14-17)9-12-22(26)24-21-6-4-3-5-20(21)23(27)28/h3-8,10-11,13-14H,9,12,15H2,1-2H3,(H,24,26)(H,27,28). The van der Waals surface area contributed by atoms with E-state index in [0.717, 1.165) is 17.5 Å². The maximum atomic E-state index is 12.3. The Bertz CT molecular complexity index is 1010. The molecule has 0 aliphatic carbocycles. The number of hydrogen-bond donors (Lipinski definition) is 2. The largest absolute Gasteiger partial charge is 0.478 e. The van der Waals surface area contributed by atoms with Crippen molar-refractivity contribution in [3.63, 3.8) is 0 Å². The van der Waals surface area contributed by atoms with E-state index in [1.807, 2.05) is 20.2 Å². The first-order valence-electron chi connectivity index (χ1n) is 9.21. The van der Waals surface area contributed by atoms with Gasteiger partial charge in [-0.25, -0.2) is 4.79 Å². The second-order valence-electron chi connectivity index (χ2n) is 7.15. The monoisotopic (exact) mass is 376 g/mol. The normalized spacial score (nSPS) is 11.0. The van der Waals surface area contributed by atoms with Gasteiger partial charge in [0.1, 0.15) is 0 Å². The van der Waals surface area contributed by atoms with Gasteiger partial charge < -0.3 is 15.3 Å². The average Bonchev–Trinajstić information content (AvgIpc) is 2.66. The molecule has 0 saturated carbocycles. The summed E-state index contributed by atoms with van der Waals surface area (Å²) in [5, 5.41) is 14.2. The van der Waals surface area contributed by atoms with Gasteiger partial charge in [0.15, 0.2) is 0 Å². The minimum Gasteiger partial charge on any atom is -0.478 e. The number of amides is 1. The van der Waals surface area contributed by atoms with Gasteiger partial charge in [0.25, 0.3) is 0 Å². The molecule has 0 saturated heterocycles. The van der Waals surface area contributed by atoms with Gasteiger partial charge in [0, 0.05) is 13.0 Å². The molecular formula is C23H24N2O3. The highest BCUT2D eigenvalue weighted by molar-refractivity contribution is 6.00. The summed E-state index contributed by atoms with van der Waals surface area (Å²) in [4.78, 5) is 25.6. The lowest BCUT2D eigenvalue weighted by Crippen LogP contribution is -2.15. The number of aromatic carboxylic acids is 1. The lowest BCUT2D eigenvalue weighted by molar-refractivity contribution is -0.116. The van der Waals surface area contributed by atoms with Crippen LogP contribution in [-0.2, 0) is 17.8 Å². The zero-order valence-electron chi connectivity index (χ0n) is 16.1.